The summed E-state index contributed by atoms with van der Waals surface area (Å²) in [5.41, 5.74) is 3.00. The van der Waals surface area contributed by atoms with Crippen LogP contribution in [0.1, 0.15) is 17.9 Å². The summed E-state index contributed by atoms with van der Waals surface area (Å²) in [5.74, 6) is 1.82. The summed E-state index contributed by atoms with van der Waals surface area (Å²) < 4.78 is 1.97. The SMILES string of the molecule is C=Cc1nc(CNC)c(-c2ccc(N3CCC(N(C)C)C3)nc2)n1C=C. The molecule has 1 saturated heterocycles. The molecule has 1 fully saturated rings. The lowest BCUT2D eigenvalue weighted by molar-refractivity contribution is 0.315. The van der Waals surface area contributed by atoms with Crippen molar-refractivity contribution >= 4 is 18.1 Å². The number of nitrogens with one attached hydrogen (secondary N) is 1. The Morgan fingerprint density at radius 2 is 2.15 bits per heavy atom. The number of imidazole rings is 1. The van der Waals surface area contributed by atoms with Crippen LogP contribution in [0, 0.1) is 0 Å². The molecule has 1 atom stereocenters. The molecule has 138 valence electrons. The average Bonchev–Trinajstić information content (AvgIpc) is 3.27. The first-order valence-corrected chi connectivity index (χ1v) is 8.97. The highest BCUT2D eigenvalue weighted by molar-refractivity contribution is 5.68. The number of likely N-dealkylation sites (N-methyl/N-ethyl adjacent to an activating group) is 1. The number of aromatic nitrogens is 3. The van der Waals surface area contributed by atoms with Gasteiger partial charge in [0.05, 0.1) is 11.4 Å². The van der Waals surface area contributed by atoms with Crippen molar-refractivity contribution in [2.75, 3.05) is 39.1 Å². The predicted molar refractivity (Wildman–Crippen MR) is 109 cm³/mol. The highest BCUT2D eigenvalue weighted by Gasteiger charge is 2.25. The molecular formula is C20H28N6. The largest absolute Gasteiger partial charge is 0.355 e. The fraction of sp³-hybridized carbons (Fsp3) is 0.400. The van der Waals surface area contributed by atoms with E-state index in [1.165, 1.54) is 6.42 Å². The summed E-state index contributed by atoms with van der Waals surface area (Å²) in [6.45, 7) is 10.5. The molecule has 1 unspecified atom stereocenters. The normalized spacial score (nSPS) is 17.1. The van der Waals surface area contributed by atoms with Crippen LogP contribution in [-0.2, 0) is 6.54 Å². The highest BCUT2D eigenvalue weighted by Crippen LogP contribution is 2.28. The van der Waals surface area contributed by atoms with Crippen LogP contribution in [0.25, 0.3) is 23.5 Å². The number of hydrogen-bond donors (Lipinski definition) is 1. The summed E-state index contributed by atoms with van der Waals surface area (Å²) in [6, 6.07) is 4.81. The van der Waals surface area contributed by atoms with Crippen LogP contribution in [0.4, 0.5) is 5.82 Å². The van der Waals surface area contributed by atoms with Crippen molar-refractivity contribution in [2.45, 2.75) is 19.0 Å². The highest BCUT2D eigenvalue weighted by atomic mass is 15.3. The minimum Gasteiger partial charge on any atom is -0.355 e. The van der Waals surface area contributed by atoms with Crippen molar-refractivity contribution in [2.24, 2.45) is 0 Å². The van der Waals surface area contributed by atoms with E-state index in [0.717, 1.165) is 41.7 Å². The molecule has 2 aromatic heterocycles. The van der Waals surface area contributed by atoms with Crippen LogP contribution in [0.2, 0.25) is 0 Å². The maximum Gasteiger partial charge on any atom is 0.136 e. The molecule has 0 bridgehead atoms. The molecule has 1 N–H and O–H groups in total. The Morgan fingerprint density at radius 1 is 1.35 bits per heavy atom. The number of pyridine rings is 1. The molecule has 2 aromatic rings. The predicted octanol–water partition coefficient (Wildman–Crippen LogP) is 2.55. The van der Waals surface area contributed by atoms with Gasteiger partial charge in [0.15, 0.2) is 0 Å². The molecule has 26 heavy (non-hydrogen) atoms. The second-order valence-electron chi connectivity index (χ2n) is 6.81. The van der Waals surface area contributed by atoms with Gasteiger partial charge >= 0.3 is 0 Å². The van der Waals surface area contributed by atoms with E-state index >= 15 is 0 Å². The zero-order chi connectivity index (χ0) is 18.7. The van der Waals surface area contributed by atoms with Gasteiger partial charge in [-0.25, -0.2) is 9.97 Å². The molecule has 0 saturated carbocycles. The van der Waals surface area contributed by atoms with Crippen LogP contribution in [0.5, 0.6) is 0 Å². The molecule has 0 radical (unpaired) electrons. The summed E-state index contributed by atoms with van der Waals surface area (Å²) in [5, 5.41) is 3.18. The molecule has 1 aliphatic heterocycles. The lowest BCUT2D eigenvalue weighted by atomic mass is 10.1. The van der Waals surface area contributed by atoms with Gasteiger partial charge in [-0.1, -0.05) is 13.2 Å². The summed E-state index contributed by atoms with van der Waals surface area (Å²) in [4.78, 5) is 14.0. The van der Waals surface area contributed by atoms with E-state index in [1.54, 1.807) is 12.3 Å². The van der Waals surface area contributed by atoms with E-state index in [0.29, 0.717) is 12.6 Å². The molecular weight excluding hydrogens is 324 g/mol. The second-order valence-corrected chi connectivity index (χ2v) is 6.81. The topological polar surface area (TPSA) is 49.2 Å². The Labute approximate surface area is 155 Å². The maximum atomic E-state index is 4.73. The summed E-state index contributed by atoms with van der Waals surface area (Å²) in [7, 11) is 6.20. The molecule has 0 amide bonds. The molecule has 0 aromatic carbocycles. The minimum absolute atomic E-state index is 0.594. The van der Waals surface area contributed by atoms with Crippen LogP contribution >= 0.6 is 0 Å². The van der Waals surface area contributed by atoms with Crippen LogP contribution in [-0.4, -0.2) is 59.7 Å². The number of nitrogens with zero attached hydrogens (tertiary/aromatic N) is 5. The lowest BCUT2D eigenvalue weighted by Crippen LogP contribution is -2.31. The first-order chi connectivity index (χ1) is 12.6. The van der Waals surface area contributed by atoms with Crippen molar-refractivity contribution in [3.05, 3.63) is 43.0 Å². The van der Waals surface area contributed by atoms with Gasteiger partial charge in [-0.2, -0.15) is 0 Å². The monoisotopic (exact) mass is 352 g/mol. The van der Waals surface area contributed by atoms with Crippen molar-refractivity contribution in [1.82, 2.24) is 24.8 Å². The molecule has 6 nitrogen and oxygen atoms in total. The maximum absolute atomic E-state index is 4.73. The van der Waals surface area contributed by atoms with Crippen molar-refractivity contribution in [3.8, 4) is 11.3 Å². The quantitative estimate of drug-likeness (QED) is 0.830. The van der Waals surface area contributed by atoms with E-state index in [2.05, 4.69) is 59.5 Å². The Hall–Kier alpha value is -2.44. The Kier molecular flexibility index (Phi) is 5.54. The Bertz CT molecular complexity index is 774. The zero-order valence-corrected chi connectivity index (χ0v) is 15.9. The fourth-order valence-electron chi connectivity index (χ4n) is 3.51. The minimum atomic E-state index is 0.594. The average molecular weight is 352 g/mol. The van der Waals surface area contributed by atoms with Gasteiger partial charge in [-0.3, -0.25) is 4.57 Å². The molecule has 1 aliphatic rings. The van der Waals surface area contributed by atoms with Gasteiger partial charge in [0.1, 0.15) is 11.6 Å². The number of rotatable bonds is 7. The van der Waals surface area contributed by atoms with Crippen LogP contribution < -0.4 is 10.2 Å². The van der Waals surface area contributed by atoms with Gasteiger partial charge in [0.25, 0.3) is 0 Å². The van der Waals surface area contributed by atoms with Gasteiger partial charge in [-0.05, 0) is 45.8 Å². The van der Waals surface area contributed by atoms with Gasteiger partial charge in [-0.15, -0.1) is 0 Å². The molecule has 3 rings (SSSR count). The third-order valence-electron chi connectivity index (χ3n) is 4.96. The van der Waals surface area contributed by atoms with E-state index in [4.69, 9.17) is 4.98 Å². The third kappa shape index (κ3) is 3.43. The Balaban J connectivity index is 1.90. The first kappa shape index (κ1) is 18.4. The van der Waals surface area contributed by atoms with Gasteiger partial charge < -0.3 is 15.1 Å². The molecule has 0 spiro atoms. The van der Waals surface area contributed by atoms with Crippen molar-refractivity contribution in [3.63, 3.8) is 0 Å². The number of hydrogen-bond acceptors (Lipinski definition) is 5. The summed E-state index contributed by atoms with van der Waals surface area (Å²) >= 11 is 0. The lowest BCUT2D eigenvalue weighted by Gasteiger charge is -2.21. The van der Waals surface area contributed by atoms with Crippen LogP contribution in [0.3, 0.4) is 0 Å². The van der Waals surface area contributed by atoms with Crippen LogP contribution in [0.15, 0.2) is 31.5 Å². The first-order valence-electron chi connectivity index (χ1n) is 8.97. The van der Waals surface area contributed by atoms with Crippen molar-refractivity contribution in [1.29, 1.82) is 0 Å². The van der Waals surface area contributed by atoms with E-state index in [1.807, 2.05) is 17.8 Å². The van der Waals surface area contributed by atoms with Crippen molar-refractivity contribution < 1.29 is 0 Å². The molecule has 0 aliphatic carbocycles. The van der Waals surface area contributed by atoms with E-state index in [9.17, 15) is 0 Å². The standard InChI is InChI=1S/C20H28N6/c1-6-18-23-17(13-21-3)20(26(18)7-2)15-8-9-19(22-12-15)25-11-10-16(14-25)24(4)5/h6-9,12,16,21H,1-2,10-11,13-14H2,3-5H3. The number of anilines is 1. The molecule has 6 heteroatoms. The third-order valence-corrected chi connectivity index (χ3v) is 4.96. The fourth-order valence-corrected chi connectivity index (χ4v) is 3.51. The van der Waals surface area contributed by atoms with Gasteiger partial charge in [0, 0.05) is 43.6 Å². The molecule has 3 heterocycles. The Morgan fingerprint density at radius 3 is 2.69 bits per heavy atom. The summed E-state index contributed by atoms with van der Waals surface area (Å²) in [6.07, 6.45) is 6.63. The van der Waals surface area contributed by atoms with E-state index in [-0.39, 0.29) is 0 Å². The smallest absolute Gasteiger partial charge is 0.136 e. The second kappa shape index (κ2) is 7.85. The zero-order valence-electron chi connectivity index (χ0n) is 15.9. The van der Waals surface area contributed by atoms with E-state index < -0.39 is 0 Å². The van der Waals surface area contributed by atoms with Gasteiger partial charge in [0.2, 0.25) is 0 Å².